The Kier molecular flexibility index (Phi) is 4.45. The van der Waals surface area contributed by atoms with Crippen LogP contribution in [-0.2, 0) is 10.5 Å². The van der Waals surface area contributed by atoms with E-state index >= 15 is 0 Å². The number of nitrogens with one attached hydrogen (secondary N) is 1. The minimum atomic E-state index is -0.238. The fraction of sp³-hybridized carbons (Fsp3) is 0.462. The van der Waals surface area contributed by atoms with Crippen LogP contribution in [0, 0.1) is 0 Å². The SMILES string of the molecule is NC(=O)C(CSCc1ccccc1)NC1CC1. The van der Waals surface area contributed by atoms with Crippen LogP contribution in [0.15, 0.2) is 30.3 Å². The van der Waals surface area contributed by atoms with Gasteiger partial charge in [0, 0.05) is 17.5 Å². The molecule has 1 fully saturated rings. The number of nitrogens with two attached hydrogens (primary N) is 1. The Bertz CT molecular complexity index is 365. The zero-order valence-corrected chi connectivity index (χ0v) is 10.6. The van der Waals surface area contributed by atoms with Crippen molar-refractivity contribution in [3.05, 3.63) is 35.9 Å². The van der Waals surface area contributed by atoms with Crippen molar-refractivity contribution in [3.63, 3.8) is 0 Å². The van der Waals surface area contributed by atoms with Crippen LogP contribution < -0.4 is 11.1 Å². The van der Waals surface area contributed by atoms with Gasteiger partial charge in [0.2, 0.25) is 5.91 Å². The summed E-state index contributed by atoms with van der Waals surface area (Å²) in [7, 11) is 0. The predicted octanol–water partition coefficient (Wildman–Crippen LogP) is 1.53. The molecule has 0 aliphatic heterocycles. The van der Waals surface area contributed by atoms with E-state index in [4.69, 9.17) is 5.73 Å². The number of thioether (sulfide) groups is 1. The highest BCUT2D eigenvalue weighted by Gasteiger charge is 2.26. The molecule has 4 heteroatoms. The number of carbonyl (C=O) groups excluding carboxylic acids is 1. The Hall–Kier alpha value is -1.00. The summed E-state index contributed by atoms with van der Waals surface area (Å²) in [5.41, 5.74) is 6.66. The Morgan fingerprint density at radius 2 is 2.12 bits per heavy atom. The van der Waals surface area contributed by atoms with Crippen LogP contribution in [0.5, 0.6) is 0 Å². The summed E-state index contributed by atoms with van der Waals surface area (Å²) >= 11 is 1.75. The summed E-state index contributed by atoms with van der Waals surface area (Å²) < 4.78 is 0. The predicted molar refractivity (Wildman–Crippen MR) is 71.7 cm³/mol. The summed E-state index contributed by atoms with van der Waals surface area (Å²) in [5.74, 6) is 1.44. The average Bonchev–Trinajstić information content (AvgIpc) is 3.13. The maximum Gasteiger partial charge on any atom is 0.235 e. The topological polar surface area (TPSA) is 55.1 Å². The van der Waals surface area contributed by atoms with Crippen molar-refractivity contribution < 1.29 is 4.79 Å². The van der Waals surface area contributed by atoms with Gasteiger partial charge in [-0.25, -0.2) is 0 Å². The van der Waals surface area contributed by atoms with E-state index in [1.165, 1.54) is 18.4 Å². The molecule has 1 aromatic rings. The molecule has 1 aromatic carbocycles. The number of hydrogen-bond acceptors (Lipinski definition) is 3. The number of primary amides is 1. The van der Waals surface area contributed by atoms with E-state index in [0.717, 1.165) is 11.5 Å². The highest BCUT2D eigenvalue weighted by atomic mass is 32.2. The molecule has 1 aliphatic rings. The van der Waals surface area contributed by atoms with Crippen molar-refractivity contribution in [2.45, 2.75) is 30.7 Å². The molecule has 92 valence electrons. The van der Waals surface area contributed by atoms with Gasteiger partial charge in [0.25, 0.3) is 0 Å². The number of benzene rings is 1. The highest BCUT2D eigenvalue weighted by molar-refractivity contribution is 7.98. The maximum atomic E-state index is 11.3. The molecule has 0 bridgehead atoms. The largest absolute Gasteiger partial charge is 0.368 e. The lowest BCUT2D eigenvalue weighted by Gasteiger charge is -2.14. The molecule has 0 saturated heterocycles. The summed E-state index contributed by atoms with van der Waals surface area (Å²) in [6.07, 6.45) is 2.35. The molecule has 17 heavy (non-hydrogen) atoms. The molecule has 1 aliphatic carbocycles. The van der Waals surface area contributed by atoms with E-state index in [1.54, 1.807) is 11.8 Å². The second-order valence-electron chi connectivity index (χ2n) is 4.40. The average molecular weight is 250 g/mol. The van der Waals surface area contributed by atoms with E-state index in [9.17, 15) is 4.79 Å². The van der Waals surface area contributed by atoms with E-state index < -0.39 is 0 Å². The summed E-state index contributed by atoms with van der Waals surface area (Å²) in [4.78, 5) is 11.3. The van der Waals surface area contributed by atoms with Gasteiger partial charge in [-0.15, -0.1) is 0 Å². The Labute approximate surface area is 106 Å². The molecule has 0 aromatic heterocycles. The van der Waals surface area contributed by atoms with Gasteiger partial charge in [0.1, 0.15) is 0 Å². The normalized spacial score (nSPS) is 16.7. The molecule has 1 atom stereocenters. The molecular weight excluding hydrogens is 232 g/mol. The van der Waals surface area contributed by atoms with Crippen LogP contribution in [0.25, 0.3) is 0 Å². The first-order chi connectivity index (χ1) is 8.25. The third kappa shape index (κ3) is 4.40. The van der Waals surface area contributed by atoms with E-state index in [1.807, 2.05) is 18.2 Å². The fourth-order valence-corrected chi connectivity index (χ4v) is 2.66. The smallest absolute Gasteiger partial charge is 0.235 e. The molecule has 0 spiro atoms. The van der Waals surface area contributed by atoms with Crippen molar-refractivity contribution in [2.75, 3.05) is 5.75 Å². The zero-order chi connectivity index (χ0) is 12.1. The van der Waals surface area contributed by atoms with Crippen molar-refractivity contribution in [1.29, 1.82) is 0 Å². The summed E-state index contributed by atoms with van der Waals surface area (Å²) in [6, 6.07) is 10.6. The fourth-order valence-electron chi connectivity index (χ4n) is 1.62. The Balaban J connectivity index is 1.73. The lowest BCUT2D eigenvalue weighted by atomic mass is 10.2. The molecule has 0 heterocycles. The Morgan fingerprint density at radius 3 is 2.71 bits per heavy atom. The summed E-state index contributed by atoms with van der Waals surface area (Å²) in [5, 5.41) is 3.28. The van der Waals surface area contributed by atoms with Crippen molar-refractivity contribution >= 4 is 17.7 Å². The van der Waals surface area contributed by atoms with Gasteiger partial charge in [-0.05, 0) is 18.4 Å². The van der Waals surface area contributed by atoms with Gasteiger partial charge in [-0.1, -0.05) is 30.3 Å². The molecule has 0 radical (unpaired) electrons. The number of amides is 1. The van der Waals surface area contributed by atoms with E-state index in [2.05, 4.69) is 17.4 Å². The van der Waals surface area contributed by atoms with Gasteiger partial charge in [-0.3, -0.25) is 4.79 Å². The van der Waals surface area contributed by atoms with Crippen LogP contribution in [0.1, 0.15) is 18.4 Å². The first-order valence-corrected chi connectivity index (χ1v) is 7.08. The van der Waals surface area contributed by atoms with Crippen LogP contribution >= 0.6 is 11.8 Å². The number of hydrogen-bond donors (Lipinski definition) is 2. The Morgan fingerprint density at radius 1 is 1.41 bits per heavy atom. The third-order valence-electron chi connectivity index (χ3n) is 2.75. The van der Waals surface area contributed by atoms with E-state index in [-0.39, 0.29) is 11.9 Å². The van der Waals surface area contributed by atoms with Crippen LogP contribution in [-0.4, -0.2) is 23.7 Å². The minimum Gasteiger partial charge on any atom is -0.368 e. The van der Waals surface area contributed by atoms with Gasteiger partial charge < -0.3 is 11.1 Å². The molecule has 3 N–H and O–H groups in total. The molecule has 3 nitrogen and oxygen atoms in total. The molecular formula is C13H18N2OS. The highest BCUT2D eigenvalue weighted by Crippen LogP contribution is 2.21. The van der Waals surface area contributed by atoms with Crippen molar-refractivity contribution in [2.24, 2.45) is 5.73 Å². The standard InChI is InChI=1S/C13H18N2OS/c14-13(16)12(15-11-6-7-11)9-17-8-10-4-2-1-3-5-10/h1-5,11-12,15H,6-9H2,(H2,14,16). The first-order valence-electron chi connectivity index (χ1n) is 5.93. The first kappa shape index (κ1) is 12.5. The van der Waals surface area contributed by atoms with Gasteiger partial charge in [0.05, 0.1) is 6.04 Å². The quantitative estimate of drug-likeness (QED) is 0.771. The zero-order valence-electron chi connectivity index (χ0n) is 9.76. The van der Waals surface area contributed by atoms with Crippen LogP contribution in [0.4, 0.5) is 0 Å². The minimum absolute atomic E-state index is 0.184. The van der Waals surface area contributed by atoms with Crippen LogP contribution in [0.2, 0.25) is 0 Å². The lowest BCUT2D eigenvalue weighted by molar-refractivity contribution is -0.119. The number of rotatable bonds is 7. The molecule has 1 unspecified atom stereocenters. The van der Waals surface area contributed by atoms with Gasteiger partial charge in [-0.2, -0.15) is 11.8 Å². The van der Waals surface area contributed by atoms with Crippen molar-refractivity contribution in [1.82, 2.24) is 5.32 Å². The van der Waals surface area contributed by atoms with Crippen LogP contribution in [0.3, 0.4) is 0 Å². The maximum absolute atomic E-state index is 11.3. The third-order valence-corrected chi connectivity index (χ3v) is 3.86. The molecule has 1 amide bonds. The molecule has 1 saturated carbocycles. The van der Waals surface area contributed by atoms with E-state index in [0.29, 0.717) is 6.04 Å². The summed E-state index contributed by atoms with van der Waals surface area (Å²) in [6.45, 7) is 0. The second kappa shape index (κ2) is 6.07. The molecule has 2 rings (SSSR count). The monoisotopic (exact) mass is 250 g/mol. The number of carbonyl (C=O) groups is 1. The van der Waals surface area contributed by atoms with Gasteiger partial charge >= 0.3 is 0 Å². The lowest BCUT2D eigenvalue weighted by Crippen LogP contribution is -2.44. The van der Waals surface area contributed by atoms with Gasteiger partial charge in [0.15, 0.2) is 0 Å². The second-order valence-corrected chi connectivity index (χ2v) is 5.43. The van der Waals surface area contributed by atoms with Crippen molar-refractivity contribution in [3.8, 4) is 0 Å².